The van der Waals surface area contributed by atoms with Crippen molar-refractivity contribution < 1.29 is 9.21 Å². The number of thiophene rings is 1. The van der Waals surface area contributed by atoms with Crippen molar-refractivity contribution in [1.82, 2.24) is 10.6 Å². The predicted octanol–water partition coefficient (Wildman–Crippen LogP) is 3.49. The first-order chi connectivity index (χ1) is 9.97. The number of rotatable bonds is 6. The van der Waals surface area contributed by atoms with Gasteiger partial charge in [-0.15, -0.1) is 11.3 Å². The molecule has 0 aliphatic heterocycles. The van der Waals surface area contributed by atoms with Crippen LogP contribution in [0.1, 0.15) is 47.9 Å². The summed E-state index contributed by atoms with van der Waals surface area (Å²) < 4.78 is 5.52. The van der Waals surface area contributed by atoms with E-state index in [0.717, 1.165) is 22.0 Å². The highest BCUT2D eigenvalue weighted by Crippen LogP contribution is 2.21. The van der Waals surface area contributed by atoms with E-state index in [1.807, 2.05) is 51.3 Å². The second kappa shape index (κ2) is 6.91. The maximum Gasteiger partial charge on any atom is 0.234 e. The zero-order chi connectivity index (χ0) is 15.4. The van der Waals surface area contributed by atoms with Crippen LogP contribution in [-0.2, 0) is 4.79 Å². The number of amides is 1. The van der Waals surface area contributed by atoms with Crippen molar-refractivity contribution in [2.75, 3.05) is 6.54 Å². The van der Waals surface area contributed by atoms with Gasteiger partial charge in [-0.05, 0) is 45.2 Å². The third-order valence-electron chi connectivity index (χ3n) is 3.46. The summed E-state index contributed by atoms with van der Waals surface area (Å²) in [7, 11) is 0. The fraction of sp³-hybridized carbons (Fsp3) is 0.438. The van der Waals surface area contributed by atoms with E-state index in [0.29, 0.717) is 6.54 Å². The fourth-order valence-corrected chi connectivity index (χ4v) is 3.07. The van der Waals surface area contributed by atoms with Crippen LogP contribution in [0.25, 0.3) is 0 Å². The lowest BCUT2D eigenvalue weighted by molar-refractivity contribution is -0.121. The summed E-state index contributed by atoms with van der Waals surface area (Å²) in [6.45, 7) is 8.20. The Kier molecular flexibility index (Phi) is 5.20. The SMILES string of the molecule is Cc1cc([C@@H](C)NCC(=O)N[C@@H](C)c2cccs2)c(C)o1. The van der Waals surface area contributed by atoms with Crippen molar-refractivity contribution in [2.45, 2.75) is 39.8 Å². The van der Waals surface area contributed by atoms with Gasteiger partial charge in [0.05, 0.1) is 12.6 Å². The van der Waals surface area contributed by atoms with Crippen molar-refractivity contribution in [2.24, 2.45) is 0 Å². The van der Waals surface area contributed by atoms with Crippen molar-refractivity contribution >= 4 is 17.2 Å². The molecule has 21 heavy (non-hydrogen) atoms. The molecule has 2 aromatic rings. The molecule has 0 aromatic carbocycles. The van der Waals surface area contributed by atoms with Gasteiger partial charge in [0.1, 0.15) is 11.5 Å². The van der Waals surface area contributed by atoms with Gasteiger partial charge in [0, 0.05) is 16.5 Å². The molecule has 0 spiro atoms. The van der Waals surface area contributed by atoms with Crippen LogP contribution in [0.3, 0.4) is 0 Å². The molecule has 0 unspecified atom stereocenters. The summed E-state index contributed by atoms with van der Waals surface area (Å²) in [5.41, 5.74) is 1.10. The zero-order valence-electron chi connectivity index (χ0n) is 12.9. The van der Waals surface area contributed by atoms with Gasteiger partial charge in [-0.25, -0.2) is 0 Å². The van der Waals surface area contributed by atoms with E-state index in [-0.39, 0.29) is 18.0 Å². The van der Waals surface area contributed by atoms with E-state index in [1.54, 1.807) is 11.3 Å². The zero-order valence-corrected chi connectivity index (χ0v) is 13.7. The highest BCUT2D eigenvalue weighted by Gasteiger charge is 2.15. The Balaban J connectivity index is 1.82. The molecule has 0 fully saturated rings. The van der Waals surface area contributed by atoms with E-state index in [2.05, 4.69) is 10.6 Å². The third-order valence-corrected chi connectivity index (χ3v) is 4.52. The molecule has 0 aliphatic rings. The normalized spacial score (nSPS) is 13.9. The average Bonchev–Trinajstić information content (AvgIpc) is 3.05. The van der Waals surface area contributed by atoms with Crippen LogP contribution in [0.2, 0.25) is 0 Å². The second-order valence-electron chi connectivity index (χ2n) is 5.28. The molecule has 0 saturated heterocycles. The Morgan fingerprint density at radius 1 is 1.33 bits per heavy atom. The van der Waals surface area contributed by atoms with E-state index in [4.69, 9.17) is 4.42 Å². The summed E-state index contributed by atoms with van der Waals surface area (Å²) in [4.78, 5) is 13.1. The van der Waals surface area contributed by atoms with Crippen LogP contribution in [0.4, 0.5) is 0 Å². The molecule has 0 radical (unpaired) electrons. The van der Waals surface area contributed by atoms with E-state index < -0.39 is 0 Å². The van der Waals surface area contributed by atoms with Crippen LogP contribution in [0.5, 0.6) is 0 Å². The van der Waals surface area contributed by atoms with Crippen molar-refractivity contribution in [1.29, 1.82) is 0 Å². The topological polar surface area (TPSA) is 54.3 Å². The molecule has 2 aromatic heterocycles. The predicted molar refractivity (Wildman–Crippen MR) is 85.5 cm³/mol. The van der Waals surface area contributed by atoms with Gasteiger partial charge in [-0.3, -0.25) is 4.79 Å². The molecule has 2 N–H and O–H groups in total. The molecule has 2 atom stereocenters. The average molecular weight is 306 g/mol. The summed E-state index contributed by atoms with van der Waals surface area (Å²) in [6.07, 6.45) is 0. The number of furan rings is 1. The standard InChI is InChI=1S/C16H22N2O2S/c1-10-8-14(13(4)20-10)11(2)17-9-16(19)18-12(3)15-6-5-7-21-15/h5-8,11-12,17H,9H2,1-4H3,(H,18,19)/t11-,12+/m1/s1. The van der Waals surface area contributed by atoms with Gasteiger partial charge in [-0.2, -0.15) is 0 Å². The quantitative estimate of drug-likeness (QED) is 0.859. The summed E-state index contributed by atoms with van der Waals surface area (Å²) in [5, 5.41) is 8.25. The first kappa shape index (κ1) is 15.8. The molecule has 4 nitrogen and oxygen atoms in total. The monoisotopic (exact) mass is 306 g/mol. The Bertz CT molecular complexity index is 589. The largest absolute Gasteiger partial charge is 0.466 e. The number of hydrogen-bond acceptors (Lipinski definition) is 4. The number of aryl methyl sites for hydroxylation is 2. The van der Waals surface area contributed by atoms with E-state index >= 15 is 0 Å². The number of nitrogens with one attached hydrogen (secondary N) is 2. The fourth-order valence-electron chi connectivity index (χ4n) is 2.34. The second-order valence-corrected chi connectivity index (χ2v) is 6.26. The minimum Gasteiger partial charge on any atom is -0.466 e. The first-order valence-corrected chi connectivity index (χ1v) is 7.98. The van der Waals surface area contributed by atoms with Crippen molar-refractivity contribution in [3.8, 4) is 0 Å². The third kappa shape index (κ3) is 4.19. The molecule has 2 heterocycles. The minimum absolute atomic E-state index is 0.000574. The van der Waals surface area contributed by atoms with Crippen LogP contribution >= 0.6 is 11.3 Å². The highest BCUT2D eigenvalue weighted by atomic mass is 32.1. The van der Waals surface area contributed by atoms with E-state index in [1.165, 1.54) is 0 Å². The molecule has 0 aliphatic carbocycles. The van der Waals surface area contributed by atoms with Crippen LogP contribution in [-0.4, -0.2) is 12.5 Å². The summed E-state index contributed by atoms with van der Waals surface area (Å²) >= 11 is 1.65. The Hall–Kier alpha value is -1.59. The molecule has 0 saturated carbocycles. The van der Waals surface area contributed by atoms with Crippen molar-refractivity contribution in [3.63, 3.8) is 0 Å². The first-order valence-electron chi connectivity index (χ1n) is 7.10. The number of carbonyl (C=O) groups excluding carboxylic acids is 1. The lowest BCUT2D eigenvalue weighted by Gasteiger charge is -2.15. The van der Waals surface area contributed by atoms with Crippen LogP contribution in [0.15, 0.2) is 28.0 Å². The van der Waals surface area contributed by atoms with Gasteiger partial charge in [0.25, 0.3) is 0 Å². The van der Waals surface area contributed by atoms with Gasteiger partial charge >= 0.3 is 0 Å². The van der Waals surface area contributed by atoms with Crippen LogP contribution < -0.4 is 10.6 Å². The highest BCUT2D eigenvalue weighted by molar-refractivity contribution is 7.10. The molecule has 5 heteroatoms. The van der Waals surface area contributed by atoms with Gasteiger partial charge in [0.2, 0.25) is 5.91 Å². The molecule has 0 bridgehead atoms. The smallest absolute Gasteiger partial charge is 0.234 e. The minimum atomic E-state index is 0.000574. The molecular formula is C16H22N2O2S. The molecule has 114 valence electrons. The number of hydrogen-bond donors (Lipinski definition) is 2. The molecule has 2 rings (SSSR count). The van der Waals surface area contributed by atoms with E-state index in [9.17, 15) is 4.79 Å². The van der Waals surface area contributed by atoms with Crippen LogP contribution in [0, 0.1) is 13.8 Å². The van der Waals surface area contributed by atoms with Crippen molar-refractivity contribution in [3.05, 3.63) is 45.5 Å². The molecule has 1 amide bonds. The Labute approximate surface area is 129 Å². The Morgan fingerprint density at radius 3 is 2.67 bits per heavy atom. The number of carbonyl (C=O) groups is 1. The van der Waals surface area contributed by atoms with Gasteiger partial charge in [-0.1, -0.05) is 6.07 Å². The summed E-state index contributed by atoms with van der Waals surface area (Å²) in [5.74, 6) is 1.80. The maximum atomic E-state index is 12.0. The molecular weight excluding hydrogens is 284 g/mol. The Morgan fingerprint density at radius 2 is 2.10 bits per heavy atom. The lowest BCUT2D eigenvalue weighted by Crippen LogP contribution is -2.36. The van der Waals surface area contributed by atoms with Gasteiger partial charge < -0.3 is 15.1 Å². The lowest BCUT2D eigenvalue weighted by atomic mass is 10.1. The van der Waals surface area contributed by atoms with Gasteiger partial charge in [0.15, 0.2) is 0 Å². The maximum absolute atomic E-state index is 12.0. The summed E-state index contributed by atoms with van der Waals surface area (Å²) in [6, 6.07) is 6.17.